The van der Waals surface area contributed by atoms with Crippen LogP contribution in [0.2, 0.25) is 0 Å². The molecule has 2 aliphatic rings. The predicted molar refractivity (Wildman–Crippen MR) is 89.8 cm³/mol. The molecule has 1 unspecified atom stereocenters. The molecule has 3 atom stereocenters. The number of hydrogen-bond acceptors (Lipinski definition) is 4. The number of aliphatic hydroxyl groups is 1. The van der Waals surface area contributed by atoms with Crippen LogP contribution in [0.5, 0.6) is 11.5 Å². The van der Waals surface area contributed by atoms with E-state index in [1.807, 2.05) is 18.2 Å². The smallest absolute Gasteiger partial charge is 0.162 e. The van der Waals surface area contributed by atoms with E-state index in [0.29, 0.717) is 11.5 Å². The van der Waals surface area contributed by atoms with Crippen LogP contribution in [0.25, 0.3) is 0 Å². The minimum absolute atomic E-state index is 0.0888. The van der Waals surface area contributed by atoms with Gasteiger partial charge in [0.25, 0.3) is 0 Å². The molecule has 4 nitrogen and oxygen atoms in total. The van der Waals surface area contributed by atoms with E-state index in [9.17, 15) is 5.11 Å². The van der Waals surface area contributed by atoms with Gasteiger partial charge in [-0.05, 0) is 44.1 Å². The van der Waals surface area contributed by atoms with E-state index in [1.54, 1.807) is 7.11 Å². The lowest BCUT2D eigenvalue weighted by Crippen LogP contribution is -2.44. The van der Waals surface area contributed by atoms with Gasteiger partial charge in [-0.2, -0.15) is 0 Å². The molecule has 1 heterocycles. The normalized spacial score (nSPS) is 29.8. The summed E-state index contributed by atoms with van der Waals surface area (Å²) in [5, 5.41) is 10.0. The van der Waals surface area contributed by atoms with Crippen molar-refractivity contribution in [2.75, 3.05) is 27.3 Å². The van der Waals surface area contributed by atoms with Crippen molar-refractivity contribution in [3.05, 3.63) is 35.9 Å². The van der Waals surface area contributed by atoms with Gasteiger partial charge in [0, 0.05) is 11.5 Å². The summed E-state index contributed by atoms with van der Waals surface area (Å²) < 4.78 is 11.0. The summed E-state index contributed by atoms with van der Waals surface area (Å²) >= 11 is 0. The molecular weight excluding hydrogens is 290 g/mol. The maximum absolute atomic E-state index is 10.0. The number of benzene rings is 1. The molecule has 0 bridgehead atoms. The van der Waals surface area contributed by atoms with Crippen molar-refractivity contribution < 1.29 is 14.6 Å². The van der Waals surface area contributed by atoms with E-state index in [1.165, 1.54) is 5.56 Å². The number of nitrogens with zero attached hydrogens (tertiary/aromatic N) is 1. The molecule has 4 heteroatoms. The van der Waals surface area contributed by atoms with Gasteiger partial charge >= 0.3 is 0 Å². The summed E-state index contributed by atoms with van der Waals surface area (Å²) in [5.74, 6) is 3.85. The van der Waals surface area contributed by atoms with Gasteiger partial charge in [0.15, 0.2) is 11.5 Å². The van der Waals surface area contributed by atoms with Crippen molar-refractivity contribution in [3.63, 3.8) is 0 Å². The highest BCUT2D eigenvalue weighted by atomic mass is 16.5. The molecule has 0 spiro atoms. The topological polar surface area (TPSA) is 41.9 Å². The van der Waals surface area contributed by atoms with Crippen molar-refractivity contribution in [3.8, 4) is 23.8 Å². The first kappa shape index (κ1) is 15.9. The molecule has 23 heavy (non-hydrogen) atoms. The number of terminal acetylenes is 1. The zero-order valence-corrected chi connectivity index (χ0v) is 13.7. The fourth-order valence-electron chi connectivity index (χ4n) is 3.88. The maximum atomic E-state index is 10.0. The van der Waals surface area contributed by atoms with Crippen LogP contribution in [0, 0.1) is 12.3 Å². The Bertz CT molecular complexity index is 649. The lowest BCUT2D eigenvalue weighted by atomic mass is 9.69. The largest absolute Gasteiger partial charge is 0.493 e. The molecule has 122 valence electrons. The Morgan fingerprint density at radius 3 is 3.00 bits per heavy atom. The van der Waals surface area contributed by atoms with Crippen LogP contribution in [0.1, 0.15) is 18.4 Å². The van der Waals surface area contributed by atoms with Crippen molar-refractivity contribution in [2.45, 2.75) is 30.4 Å². The molecule has 1 fully saturated rings. The van der Waals surface area contributed by atoms with Gasteiger partial charge in [-0.25, -0.2) is 0 Å². The number of hydrogen-bond donors (Lipinski definition) is 1. The zero-order valence-electron chi connectivity index (χ0n) is 13.7. The molecule has 1 N–H and O–H groups in total. The Balaban J connectivity index is 2.03. The Hall–Kier alpha value is -1.96. The molecule has 0 saturated carbocycles. The fourth-order valence-corrected chi connectivity index (χ4v) is 3.88. The maximum Gasteiger partial charge on any atom is 0.162 e. The van der Waals surface area contributed by atoms with Gasteiger partial charge in [0.1, 0.15) is 6.61 Å². The number of likely N-dealkylation sites (tertiary alicyclic amines) is 1. The van der Waals surface area contributed by atoms with Crippen LogP contribution < -0.4 is 9.47 Å². The molecule has 1 aromatic carbocycles. The predicted octanol–water partition coefficient (Wildman–Crippen LogP) is 1.97. The second-order valence-corrected chi connectivity index (χ2v) is 6.31. The number of ether oxygens (including phenoxy) is 2. The third kappa shape index (κ3) is 2.71. The van der Waals surface area contributed by atoms with E-state index < -0.39 is 0 Å². The first-order valence-electron chi connectivity index (χ1n) is 7.93. The van der Waals surface area contributed by atoms with Crippen LogP contribution in [0.15, 0.2) is 30.4 Å². The van der Waals surface area contributed by atoms with Crippen LogP contribution in [-0.2, 0) is 5.41 Å². The number of methoxy groups -OCH3 is 1. The number of likely N-dealkylation sites (N-methyl/N-ethyl adjacent to an activating group) is 1. The molecule has 3 rings (SSSR count). The third-order valence-electron chi connectivity index (χ3n) is 5.10. The monoisotopic (exact) mass is 313 g/mol. The average Bonchev–Trinajstić information content (AvgIpc) is 2.90. The number of fused-ring (bicyclic) bond motifs is 1. The quantitative estimate of drug-likeness (QED) is 0.682. The van der Waals surface area contributed by atoms with Crippen LogP contribution in [-0.4, -0.2) is 49.5 Å². The molecule has 1 aliphatic carbocycles. The second-order valence-electron chi connectivity index (χ2n) is 6.31. The highest BCUT2D eigenvalue weighted by molar-refractivity contribution is 5.49. The van der Waals surface area contributed by atoms with Gasteiger partial charge < -0.3 is 19.5 Å². The summed E-state index contributed by atoms with van der Waals surface area (Å²) in [6, 6.07) is 6.35. The van der Waals surface area contributed by atoms with Crippen molar-refractivity contribution >= 4 is 0 Å². The molecule has 1 aliphatic heterocycles. The Kier molecular flexibility index (Phi) is 4.34. The third-order valence-corrected chi connectivity index (χ3v) is 5.10. The van der Waals surface area contributed by atoms with E-state index in [4.69, 9.17) is 15.9 Å². The number of rotatable bonds is 4. The second kappa shape index (κ2) is 6.27. The number of aliphatic hydroxyl groups excluding tert-OH is 1. The molecule has 0 amide bonds. The Morgan fingerprint density at radius 1 is 1.43 bits per heavy atom. The van der Waals surface area contributed by atoms with E-state index >= 15 is 0 Å². The summed E-state index contributed by atoms with van der Waals surface area (Å²) in [5.41, 5.74) is 1.09. The Labute approximate surface area is 137 Å². The summed E-state index contributed by atoms with van der Waals surface area (Å²) in [7, 11) is 3.75. The van der Waals surface area contributed by atoms with Crippen molar-refractivity contribution in [2.24, 2.45) is 0 Å². The van der Waals surface area contributed by atoms with Gasteiger partial charge in [-0.15, -0.1) is 6.42 Å². The summed E-state index contributed by atoms with van der Waals surface area (Å²) in [4.78, 5) is 2.33. The van der Waals surface area contributed by atoms with Crippen molar-refractivity contribution in [1.29, 1.82) is 0 Å². The van der Waals surface area contributed by atoms with Gasteiger partial charge in [0.05, 0.1) is 13.2 Å². The van der Waals surface area contributed by atoms with E-state index in [0.717, 1.165) is 19.4 Å². The SMILES string of the molecule is C#CCOc1cc([C@@]23C=C[C@H](O)CC2N(C)CC3)ccc1OC. The highest BCUT2D eigenvalue weighted by Gasteiger charge is 2.48. The van der Waals surface area contributed by atoms with Crippen LogP contribution in [0.3, 0.4) is 0 Å². The summed E-state index contributed by atoms with van der Waals surface area (Å²) in [6.07, 6.45) is 10.8. The van der Waals surface area contributed by atoms with Crippen LogP contribution >= 0.6 is 0 Å². The highest BCUT2D eigenvalue weighted by Crippen LogP contribution is 2.47. The van der Waals surface area contributed by atoms with Gasteiger partial charge in [-0.3, -0.25) is 0 Å². The Morgan fingerprint density at radius 2 is 2.26 bits per heavy atom. The first-order chi connectivity index (χ1) is 11.1. The van der Waals surface area contributed by atoms with Crippen LogP contribution in [0.4, 0.5) is 0 Å². The van der Waals surface area contributed by atoms with E-state index in [-0.39, 0.29) is 24.2 Å². The molecule has 1 saturated heterocycles. The van der Waals surface area contributed by atoms with Crippen molar-refractivity contribution in [1.82, 2.24) is 4.90 Å². The van der Waals surface area contributed by atoms with Gasteiger partial charge in [0.2, 0.25) is 0 Å². The fraction of sp³-hybridized carbons (Fsp3) is 0.474. The lowest BCUT2D eigenvalue weighted by Gasteiger charge is -2.39. The average molecular weight is 313 g/mol. The standard InChI is InChI=1S/C19H23NO3/c1-4-11-23-17-12-14(5-6-16(17)22-3)19-8-7-15(21)13-18(19)20(2)10-9-19/h1,5-8,12,15,18,21H,9-11,13H2,2-3H3/t15-,18?,19-/m0/s1. The van der Waals surface area contributed by atoms with Gasteiger partial charge in [-0.1, -0.05) is 24.1 Å². The lowest BCUT2D eigenvalue weighted by molar-refractivity contribution is 0.137. The minimum atomic E-state index is -0.371. The van der Waals surface area contributed by atoms with E-state index in [2.05, 4.69) is 30.0 Å². The first-order valence-corrected chi connectivity index (χ1v) is 7.93. The molecular formula is C19H23NO3. The molecule has 0 aromatic heterocycles. The molecule has 0 radical (unpaired) electrons. The molecule has 1 aromatic rings. The minimum Gasteiger partial charge on any atom is -0.493 e. The summed E-state index contributed by atoms with van der Waals surface area (Å²) in [6.45, 7) is 1.22. The zero-order chi connectivity index (χ0) is 16.4.